The molecule has 0 radical (unpaired) electrons. The van der Waals surface area contributed by atoms with Crippen LogP contribution in [0.2, 0.25) is 0 Å². The number of amides is 1. The summed E-state index contributed by atoms with van der Waals surface area (Å²) in [5.74, 6) is -1.98. The van der Waals surface area contributed by atoms with Gasteiger partial charge >= 0.3 is 12.1 Å². The number of pyridine rings is 1. The first kappa shape index (κ1) is 19.8. The second kappa shape index (κ2) is 7.81. The van der Waals surface area contributed by atoms with Gasteiger partial charge in [-0.3, -0.25) is 14.9 Å². The van der Waals surface area contributed by atoms with Crippen LogP contribution in [0, 0.1) is 10.1 Å². The molecule has 2 aromatic rings. The fraction of sp³-hybridized carbons (Fsp3) is 0.188. The van der Waals surface area contributed by atoms with Crippen LogP contribution in [0.25, 0.3) is 0 Å². The highest BCUT2D eigenvalue weighted by Crippen LogP contribution is 2.37. The van der Waals surface area contributed by atoms with Gasteiger partial charge in [-0.1, -0.05) is 6.07 Å². The number of carbonyl (C=O) groups excluding carboxylic acids is 2. The second-order valence-corrected chi connectivity index (χ2v) is 5.24. The highest BCUT2D eigenvalue weighted by Gasteiger charge is 2.36. The molecule has 0 saturated heterocycles. The van der Waals surface area contributed by atoms with Gasteiger partial charge in [-0.05, 0) is 25.1 Å². The number of benzene rings is 1. The molecule has 1 amide bonds. The number of anilines is 1. The highest BCUT2D eigenvalue weighted by atomic mass is 19.4. The fourth-order valence-corrected chi connectivity index (χ4v) is 1.98. The molecular weight excluding hydrogens is 371 g/mol. The first-order valence-electron chi connectivity index (χ1n) is 7.38. The number of nitrogens with one attached hydrogen (secondary N) is 1. The van der Waals surface area contributed by atoms with Crippen molar-refractivity contribution >= 4 is 23.3 Å². The number of hydrogen-bond donors (Lipinski definition) is 1. The monoisotopic (exact) mass is 383 g/mol. The molecule has 1 atom stereocenters. The van der Waals surface area contributed by atoms with Crippen molar-refractivity contribution in [1.82, 2.24) is 4.98 Å². The number of ether oxygens (including phenoxy) is 1. The molecule has 1 N–H and O–H groups in total. The Morgan fingerprint density at radius 3 is 2.52 bits per heavy atom. The number of non-ortho nitro benzene ring substituents is 1. The molecule has 1 heterocycles. The van der Waals surface area contributed by atoms with Crippen molar-refractivity contribution in [3.63, 3.8) is 0 Å². The Kier molecular flexibility index (Phi) is 5.73. The minimum Gasteiger partial charge on any atom is -0.448 e. The molecule has 0 saturated carbocycles. The Bertz CT molecular complexity index is 871. The van der Waals surface area contributed by atoms with Crippen LogP contribution < -0.4 is 5.32 Å². The highest BCUT2D eigenvalue weighted by molar-refractivity contribution is 5.97. The lowest BCUT2D eigenvalue weighted by Crippen LogP contribution is -2.31. The van der Waals surface area contributed by atoms with E-state index in [9.17, 15) is 32.9 Å². The van der Waals surface area contributed by atoms with Crippen molar-refractivity contribution in [3.05, 3.63) is 64.0 Å². The Morgan fingerprint density at radius 1 is 1.26 bits per heavy atom. The number of halogens is 3. The van der Waals surface area contributed by atoms with E-state index in [-0.39, 0.29) is 5.69 Å². The van der Waals surface area contributed by atoms with E-state index in [0.717, 1.165) is 19.1 Å². The van der Waals surface area contributed by atoms with Gasteiger partial charge in [0.05, 0.1) is 16.2 Å². The first-order chi connectivity index (χ1) is 12.6. The molecule has 1 aromatic carbocycles. The largest absolute Gasteiger partial charge is 0.448 e. The summed E-state index contributed by atoms with van der Waals surface area (Å²) >= 11 is 0. The third-order valence-corrected chi connectivity index (χ3v) is 3.30. The number of alkyl halides is 3. The molecule has 8 nitrogen and oxygen atoms in total. The van der Waals surface area contributed by atoms with Gasteiger partial charge in [0.15, 0.2) is 6.10 Å². The quantitative estimate of drug-likeness (QED) is 0.482. The van der Waals surface area contributed by atoms with Crippen LogP contribution in [0.4, 0.5) is 24.5 Å². The molecule has 11 heteroatoms. The van der Waals surface area contributed by atoms with Gasteiger partial charge in [0.25, 0.3) is 11.6 Å². The summed E-state index contributed by atoms with van der Waals surface area (Å²) < 4.78 is 44.2. The third kappa shape index (κ3) is 5.00. The minimum atomic E-state index is -4.94. The molecular formula is C16H12F3N3O5. The molecule has 0 spiro atoms. The molecule has 0 unspecified atom stereocenters. The zero-order chi connectivity index (χ0) is 20.2. The van der Waals surface area contributed by atoms with Gasteiger partial charge in [-0.25, -0.2) is 9.78 Å². The fourth-order valence-electron chi connectivity index (χ4n) is 1.98. The average molecular weight is 383 g/mol. The molecule has 142 valence electrons. The predicted molar refractivity (Wildman–Crippen MR) is 85.8 cm³/mol. The number of carbonyl (C=O) groups is 2. The van der Waals surface area contributed by atoms with Crippen molar-refractivity contribution in [2.45, 2.75) is 19.2 Å². The summed E-state index contributed by atoms with van der Waals surface area (Å²) in [6.45, 7) is 1.16. The van der Waals surface area contributed by atoms with E-state index in [2.05, 4.69) is 4.98 Å². The normalized spacial score (nSPS) is 12.1. The molecule has 0 aliphatic heterocycles. The summed E-state index contributed by atoms with van der Waals surface area (Å²) in [6, 6.07) is 6.29. The van der Waals surface area contributed by atoms with Crippen molar-refractivity contribution in [2.75, 3.05) is 5.32 Å². The van der Waals surface area contributed by atoms with Crippen LogP contribution in [0.3, 0.4) is 0 Å². The molecule has 0 bridgehead atoms. The summed E-state index contributed by atoms with van der Waals surface area (Å²) in [5.41, 5.74) is -2.95. The average Bonchev–Trinajstić information content (AvgIpc) is 2.61. The number of esters is 1. The minimum absolute atomic E-state index is 0.0801. The maximum atomic E-state index is 13.1. The van der Waals surface area contributed by atoms with E-state index in [1.807, 2.05) is 5.32 Å². The summed E-state index contributed by atoms with van der Waals surface area (Å²) in [5, 5.41) is 12.6. The topological polar surface area (TPSA) is 111 Å². The van der Waals surface area contributed by atoms with Gasteiger partial charge in [-0.2, -0.15) is 13.2 Å². The Labute approximate surface area is 150 Å². The standard InChI is InChI=1S/C16H12F3N3O5/c1-9(27-15(24)13-4-2-3-7-20-13)14(23)21-12-6-5-10(22(25)26)8-11(12)16(17,18)19/h2-9H,1H3,(H,21,23)/t9-/m1/s1. The summed E-state index contributed by atoms with van der Waals surface area (Å²) in [6.07, 6.45) is -5.05. The molecule has 0 aliphatic carbocycles. The van der Waals surface area contributed by atoms with E-state index < -0.39 is 46.0 Å². The number of nitrogens with zero attached hydrogens (tertiary/aromatic N) is 2. The smallest absolute Gasteiger partial charge is 0.418 e. The van der Waals surface area contributed by atoms with E-state index in [0.29, 0.717) is 6.07 Å². The zero-order valence-electron chi connectivity index (χ0n) is 13.7. The Morgan fingerprint density at radius 2 is 1.96 bits per heavy atom. The third-order valence-electron chi connectivity index (χ3n) is 3.30. The Balaban J connectivity index is 2.17. The first-order valence-corrected chi connectivity index (χ1v) is 7.38. The van der Waals surface area contributed by atoms with Gasteiger partial charge in [0.1, 0.15) is 5.69 Å². The zero-order valence-corrected chi connectivity index (χ0v) is 13.7. The summed E-state index contributed by atoms with van der Waals surface area (Å²) in [7, 11) is 0. The van der Waals surface area contributed by atoms with Crippen LogP contribution in [0.5, 0.6) is 0 Å². The SMILES string of the molecule is C[C@@H](OC(=O)c1ccccn1)C(=O)Nc1ccc([N+](=O)[O-])cc1C(F)(F)F. The molecule has 27 heavy (non-hydrogen) atoms. The molecule has 0 fully saturated rings. The van der Waals surface area contributed by atoms with Gasteiger partial charge in [0, 0.05) is 18.3 Å². The maximum Gasteiger partial charge on any atom is 0.418 e. The van der Waals surface area contributed by atoms with Crippen LogP contribution in [0.15, 0.2) is 42.6 Å². The Hall–Kier alpha value is -3.50. The lowest BCUT2D eigenvalue weighted by Gasteiger charge is -2.16. The number of rotatable bonds is 5. The van der Waals surface area contributed by atoms with Gasteiger partial charge < -0.3 is 10.1 Å². The van der Waals surface area contributed by atoms with Crippen molar-refractivity contribution in [2.24, 2.45) is 0 Å². The number of aromatic nitrogens is 1. The van der Waals surface area contributed by atoms with E-state index in [1.54, 1.807) is 6.07 Å². The number of nitro groups is 1. The van der Waals surface area contributed by atoms with Gasteiger partial charge in [-0.15, -0.1) is 0 Å². The molecule has 0 aliphatic rings. The van der Waals surface area contributed by atoms with Crippen LogP contribution in [0.1, 0.15) is 23.0 Å². The van der Waals surface area contributed by atoms with Crippen LogP contribution in [-0.4, -0.2) is 27.9 Å². The number of hydrogen-bond acceptors (Lipinski definition) is 6. The summed E-state index contributed by atoms with van der Waals surface area (Å²) in [4.78, 5) is 37.3. The lowest BCUT2D eigenvalue weighted by molar-refractivity contribution is -0.385. The van der Waals surface area contributed by atoms with E-state index in [1.165, 1.54) is 18.3 Å². The molecule has 2 rings (SSSR count). The number of nitro benzene ring substituents is 1. The van der Waals surface area contributed by atoms with Gasteiger partial charge in [0.2, 0.25) is 0 Å². The second-order valence-electron chi connectivity index (χ2n) is 5.24. The van der Waals surface area contributed by atoms with Crippen molar-refractivity contribution in [3.8, 4) is 0 Å². The lowest BCUT2D eigenvalue weighted by atomic mass is 10.1. The molecule has 1 aromatic heterocycles. The van der Waals surface area contributed by atoms with Crippen LogP contribution >= 0.6 is 0 Å². The predicted octanol–water partition coefficient (Wildman–Crippen LogP) is 3.19. The van der Waals surface area contributed by atoms with Crippen molar-refractivity contribution < 1.29 is 32.4 Å². The van der Waals surface area contributed by atoms with Crippen molar-refractivity contribution in [1.29, 1.82) is 0 Å². The van der Waals surface area contributed by atoms with Crippen LogP contribution in [-0.2, 0) is 15.7 Å². The maximum absolute atomic E-state index is 13.1. The van der Waals surface area contributed by atoms with E-state index >= 15 is 0 Å². The van der Waals surface area contributed by atoms with E-state index in [4.69, 9.17) is 4.74 Å².